The van der Waals surface area contributed by atoms with Crippen molar-refractivity contribution in [2.75, 3.05) is 0 Å². The zero-order chi connectivity index (χ0) is 11.7. The van der Waals surface area contributed by atoms with Crippen LogP contribution in [-0.2, 0) is 0 Å². The molecule has 0 spiro atoms. The Hall–Kier alpha value is -2.08. The quantitative estimate of drug-likeness (QED) is 0.581. The van der Waals surface area contributed by atoms with Gasteiger partial charge in [-0.1, -0.05) is 48.6 Å². The van der Waals surface area contributed by atoms with Crippen molar-refractivity contribution in [1.82, 2.24) is 0 Å². The molecule has 0 heterocycles. The molecule has 0 fully saturated rings. The van der Waals surface area contributed by atoms with Crippen LogP contribution in [0.15, 0.2) is 93.2 Å². The van der Waals surface area contributed by atoms with Gasteiger partial charge in [-0.15, -0.1) is 0 Å². The van der Waals surface area contributed by atoms with E-state index in [0.29, 0.717) is 0 Å². The molecule has 0 saturated heterocycles. The van der Waals surface area contributed by atoms with Crippen molar-refractivity contribution in [2.24, 2.45) is 0 Å². The highest BCUT2D eigenvalue weighted by molar-refractivity contribution is 5.73. The minimum atomic E-state index is 1.13. The normalized spacial score (nSPS) is 27.6. The number of fused-ring (bicyclic) bond motifs is 6. The lowest BCUT2D eigenvalue weighted by Gasteiger charge is -2.12. The van der Waals surface area contributed by atoms with Gasteiger partial charge in [-0.2, -0.15) is 0 Å². The van der Waals surface area contributed by atoms with Crippen molar-refractivity contribution in [2.45, 2.75) is 12.8 Å². The van der Waals surface area contributed by atoms with E-state index in [1.807, 2.05) is 0 Å². The Morgan fingerprint density at radius 2 is 0.667 bits per heavy atom. The van der Waals surface area contributed by atoms with E-state index in [4.69, 9.17) is 0 Å². The first kappa shape index (κ1) is 8.93. The minimum absolute atomic E-state index is 1.13. The molecule has 0 aromatic heterocycles. The van der Waals surface area contributed by atoms with E-state index in [0.717, 1.165) is 12.8 Å². The molecule has 4 bridgehead atoms. The average molecular weight is 228 g/mol. The van der Waals surface area contributed by atoms with Crippen molar-refractivity contribution < 1.29 is 0 Å². The summed E-state index contributed by atoms with van der Waals surface area (Å²) in [6, 6.07) is 0. The van der Waals surface area contributed by atoms with Crippen LogP contribution in [-0.4, -0.2) is 0 Å². The molecule has 5 aliphatic rings. The molecule has 0 heteroatoms. The van der Waals surface area contributed by atoms with Crippen LogP contribution in [0.25, 0.3) is 0 Å². The van der Waals surface area contributed by atoms with Crippen molar-refractivity contribution in [3.8, 4) is 0 Å². The first-order valence-corrected chi connectivity index (χ1v) is 6.56. The fourth-order valence-corrected chi connectivity index (χ4v) is 3.60. The molecule has 0 unspecified atom stereocenters. The van der Waals surface area contributed by atoms with E-state index >= 15 is 0 Å². The zero-order valence-corrected chi connectivity index (χ0v) is 10.0. The molecule has 0 aromatic rings. The van der Waals surface area contributed by atoms with E-state index in [2.05, 4.69) is 48.6 Å². The first-order chi connectivity index (χ1) is 8.90. The Bertz CT molecular complexity index is 624. The van der Waals surface area contributed by atoms with E-state index in [-0.39, 0.29) is 0 Å². The van der Waals surface area contributed by atoms with E-state index in [1.54, 1.807) is 0 Å². The summed E-state index contributed by atoms with van der Waals surface area (Å²) >= 11 is 0. The van der Waals surface area contributed by atoms with Crippen LogP contribution >= 0.6 is 0 Å². The fraction of sp³-hybridized carbons (Fsp3) is 0.111. The molecule has 0 N–H and O–H groups in total. The predicted octanol–water partition coefficient (Wildman–Crippen LogP) is 4.25. The van der Waals surface area contributed by atoms with Gasteiger partial charge in [-0.3, -0.25) is 0 Å². The maximum absolute atomic E-state index is 2.32. The van der Waals surface area contributed by atoms with Crippen LogP contribution in [0, 0.1) is 0 Å². The Balaban J connectivity index is 1.79. The molecule has 0 nitrogen and oxygen atoms in total. The van der Waals surface area contributed by atoms with Crippen LogP contribution in [0.5, 0.6) is 0 Å². The molecule has 0 atom stereocenters. The van der Waals surface area contributed by atoms with Crippen LogP contribution in [0.3, 0.4) is 0 Å². The van der Waals surface area contributed by atoms with Crippen molar-refractivity contribution in [3.05, 3.63) is 93.2 Å². The minimum Gasteiger partial charge on any atom is -0.0578 e. The van der Waals surface area contributed by atoms with Crippen molar-refractivity contribution >= 4 is 0 Å². The summed E-state index contributed by atoms with van der Waals surface area (Å²) < 4.78 is 0. The molecular formula is C18H12. The second-order valence-corrected chi connectivity index (χ2v) is 5.44. The van der Waals surface area contributed by atoms with Gasteiger partial charge in [0.25, 0.3) is 0 Å². The fourth-order valence-electron chi connectivity index (χ4n) is 3.60. The molecule has 18 heavy (non-hydrogen) atoms. The van der Waals surface area contributed by atoms with Gasteiger partial charge in [0.1, 0.15) is 0 Å². The lowest BCUT2D eigenvalue weighted by molar-refractivity contribution is 1.31. The van der Waals surface area contributed by atoms with Crippen LogP contribution in [0.2, 0.25) is 0 Å². The summed E-state index contributed by atoms with van der Waals surface area (Å²) in [7, 11) is 0. The van der Waals surface area contributed by atoms with Crippen molar-refractivity contribution in [3.63, 3.8) is 0 Å². The number of allylic oxidation sites excluding steroid dienone is 16. The Labute approximate surface area is 106 Å². The third kappa shape index (κ3) is 0.932. The van der Waals surface area contributed by atoms with Crippen LogP contribution in [0.4, 0.5) is 0 Å². The van der Waals surface area contributed by atoms with Crippen LogP contribution in [0.1, 0.15) is 12.8 Å². The highest BCUT2D eigenvalue weighted by atomic mass is 14.3. The van der Waals surface area contributed by atoms with Gasteiger partial charge < -0.3 is 0 Å². The Morgan fingerprint density at radius 3 is 0.944 bits per heavy atom. The average Bonchev–Trinajstić information content (AvgIpc) is 3.06. The topological polar surface area (TPSA) is 0 Å². The highest BCUT2D eigenvalue weighted by Crippen LogP contribution is 2.45. The molecular weight excluding hydrogens is 216 g/mol. The SMILES string of the molecule is C1=CC2=C3/C=C\C4=C5C=CC(=C4C=CC3=C1C2)C5. The molecule has 5 aliphatic carbocycles. The van der Waals surface area contributed by atoms with Gasteiger partial charge in [0, 0.05) is 0 Å². The summed E-state index contributed by atoms with van der Waals surface area (Å²) in [6.45, 7) is 0. The van der Waals surface area contributed by atoms with Gasteiger partial charge in [0.15, 0.2) is 0 Å². The molecule has 0 amide bonds. The smallest absolute Gasteiger partial charge is 0.00135 e. The summed E-state index contributed by atoms with van der Waals surface area (Å²) in [6.07, 6.45) is 20.6. The van der Waals surface area contributed by atoms with Crippen molar-refractivity contribution in [1.29, 1.82) is 0 Å². The lowest BCUT2D eigenvalue weighted by atomic mass is 9.92. The number of rotatable bonds is 0. The number of hydrogen-bond acceptors (Lipinski definition) is 0. The number of hydrogen-bond donors (Lipinski definition) is 0. The lowest BCUT2D eigenvalue weighted by Crippen LogP contribution is -1.93. The summed E-state index contributed by atoms with van der Waals surface area (Å²) in [5.74, 6) is 0. The molecule has 0 aromatic carbocycles. The molecule has 5 rings (SSSR count). The Kier molecular flexibility index (Phi) is 1.41. The summed E-state index contributed by atoms with van der Waals surface area (Å²) in [4.78, 5) is 0. The monoisotopic (exact) mass is 228 g/mol. The standard InChI is InChI=1S/C18H12/c1-2-12-9-11(1)15-5-6-17-13-3-4-14(10-13)18(17)8-7-16(12)15/h1-8H,9-10H2/b6-5-,8-7?,15-5?,16-7?,17-6?,18-8?. The zero-order valence-electron chi connectivity index (χ0n) is 10.0. The molecule has 0 radical (unpaired) electrons. The van der Waals surface area contributed by atoms with E-state index in [1.165, 1.54) is 44.6 Å². The van der Waals surface area contributed by atoms with E-state index < -0.39 is 0 Å². The largest absolute Gasteiger partial charge is 0.0578 e. The van der Waals surface area contributed by atoms with Gasteiger partial charge in [0.05, 0.1) is 0 Å². The maximum Gasteiger partial charge on any atom is -0.00135 e. The van der Waals surface area contributed by atoms with Gasteiger partial charge in [-0.05, 0) is 57.4 Å². The van der Waals surface area contributed by atoms with Gasteiger partial charge in [0.2, 0.25) is 0 Å². The summed E-state index contributed by atoms with van der Waals surface area (Å²) in [5.41, 5.74) is 11.7. The maximum atomic E-state index is 2.32. The predicted molar refractivity (Wildman–Crippen MR) is 73.9 cm³/mol. The molecule has 0 saturated carbocycles. The first-order valence-electron chi connectivity index (χ1n) is 6.56. The van der Waals surface area contributed by atoms with E-state index in [9.17, 15) is 0 Å². The van der Waals surface area contributed by atoms with Gasteiger partial charge >= 0.3 is 0 Å². The third-order valence-electron chi connectivity index (χ3n) is 4.53. The molecule has 0 aliphatic heterocycles. The highest BCUT2D eigenvalue weighted by Gasteiger charge is 2.27. The van der Waals surface area contributed by atoms with Crippen LogP contribution < -0.4 is 0 Å². The second-order valence-electron chi connectivity index (χ2n) is 5.44. The summed E-state index contributed by atoms with van der Waals surface area (Å²) in [5, 5.41) is 0. The molecule has 84 valence electrons. The third-order valence-corrected chi connectivity index (χ3v) is 4.53. The van der Waals surface area contributed by atoms with Gasteiger partial charge in [-0.25, -0.2) is 0 Å². The second kappa shape index (κ2) is 2.84. The Morgan fingerprint density at radius 1 is 0.389 bits per heavy atom.